The fourth-order valence-corrected chi connectivity index (χ4v) is 1.90. The normalized spacial score (nSPS) is 14.5. The minimum atomic E-state index is -0.260. The van der Waals surface area contributed by atoms with Gasteiger partial charge in [-0.05, 0) is 13.3 Å². The molecule has 0 bridgehead atoms. The predicted molar refractivity (Wildman–Crippen MR) is 63.3 cm³/mol. The number of nitrogens with two attached hydrogens (primary N) is 1. The summed E-state index contributed by atoms with van der Waals surface area (Å²) >= 11 is 1.37. The van der Waals surface area contributed by atoms with Crippen molar-refractivity contribution in [3.8, 4) is 0 Å². The van der Waals surface area contributed by atoms with Gasteiger partial charge >= 0.3 is 0 Å². The number of aliphatic hydroxyl groups is 1. The van der Waals surface area contributed by atoms with Gasteiger partial charge in [0.1, 0.15) is 10.7 Å². The van der Waals surface area contributed by atoms with E-state index in [0.29, 0.717) is 12.1 Å². The highest BCUT2D eigenvalue weighted by atomic mass is 32.1. The molecule has 0 aliphatic rings. The molecule has 4 N–H and O–H groups in total. The van der Waals surface area contributed by atoms with Gasteiger partial charge in [0.2, 0.25) is 0 Å². The molecule has 1 unspecified atom stereocenters. The predicted octanol–water partition coefficient (Wildman–Crippen LogP) is 0.664. The van der Waals surface area contributed by atoms with Crippen LogP contribution < -0.4 is 11.1 Å². The van der Waals surface area contributed by atoms with Crippen LogP contribution in [0.2, 0.25) is 0 Å². The number of carbonyl (C=O) groups excluding carboxylic acids is 1. The Balaban J connectivity index is 2.65. The summed E-state index contributed by atoms with van der Waals surface area (Å²) in [5, 5.41) is 14.1. The van der Waals surface area contributed by atoms with Gasteiger partial charge in [0.05, 0.1) is 18.7 Å². The van der Waals surface area contributed by atoms with Crippen molar-refractivity contribution in [2.75, 3.05) is 6.61 Å². The third-order valence-corrected chi connectivity index (χ3v) is 3.24. The number of hydrogen-bond acceptors (Lipinski definition) is 5. The molecule has 1 heterocycles. The average Bonchev–Trinajstić information content (AvgIpc) is 2.74. The number of nitrogens with zero attached hydrogens (tertiary/aromatic N) is 1. The molecule has 0 fully saturated rings. The first-order chi connectivity index (χ1) is 7.58. The Kier molecular flexibility index (Phi) is 4.85. The number of amides is 1. The Bertz CT molecular complexity index is 348. The van der Waals surface area contributed by atoms with Crippen molar-refractivity contribution in [1.82, 2.24) is 10.3 Å². The molecule has 1 amide bonds. The number of rotatable bonds is 5. The summed E-state index contributed by atoms with van der Waals surface area (Å²) < 4.78 is 0. The second-order valence-corrected chi connectivity index (χ2v) is 4.51. The van der Waals surface area contributed by atoms with Crippen LogP contribution in [0.4, 0.5) is 0 Å². The van der Waals surface area contributed by atoms with Crippen molar-refractivity contribution in [3.05, 3.63) is 16.1 Å². The van der Waals surface area contributed by atoms with E-state index in [9.17, 15) is 4.79 Å². The first-order valence-electron chi connectivity index (χ1n) is 5.21. The SMILES string of the molecule is CC[C@H](CO)NC(=O)c1csc(C(C)N)n1. The maximum Gasteiger partial charge on any atom is 0.271 e. The van der Waals surface area contributed by atoms with Crippen LogP contribution in [0.1, 0.15) is 41.8 Å². The monoisotopic (exact) mass is 243 g/mol. The van der Waals surface area contributed by atoms with E-state index < -0.39 is 0 Å². The van der Waals surface area contributed by atoms with Crippen LogP contribution in [0.15, 0.2) is 5.38 Å². The Labute approximate surface area is 98.7 Å². The third-order valence-electron chi connectivity index (χ3n) is 2.19. The van der Waals surface area contributed by atoms with Crippen molar-refractivity contribution in [3.63, 3.8) is 0 Å². The fraction of sp³-hybridized carbons (Fsp3) is 0.600. The van der Waals surface area contributed by atoms with E-state index in [-0.39, 0.29) is 24.6 Å². The molecule has 0 saturated heterocycles. The van der Waals surface area contributed by atoms with Gasteiger partial charge in [-0.3, -0.25) is 4.79 Å². The van der Waals surface area contributed by atoms with Crippen molar-refractivity contribution in [2.24, 2.45) is 5.73 Å². The van der Waals surface area contributed by atoms with Crippen molar-refractivity contribution >= 4 is 17.2 Å². The van der Waals surface area contributed by atoms with E-state index in [0.717, 1.165) is 5.01 Å². The molecular formula is C10H17N3O2S. The summed E-state index contributed by atoms with van der Waals surface area (Å²) in [6.07, 6.45) is 0.687. The lowest BCUT2D eigenvalue weighted by molar-refractivity contribution is 0.0910. The Hall–Kier alpha value is -0.980. The number of aliphatic hydroxyl groups excluding tert-OH is 1. The Morgan fingerprint density at radius 3 is 2.88 bits per heavy atom. The molecule has 1 aromatic heterocycles. The van der Waals surface area contributed by atoms with E-state index in [1.807, 2.05) is 13.8 Å². The molecule has 0 aliphatic carbocycles. The van der Waals surface area contributed by atoms with E-state index in [1.54, 1.807) is 5.38 Å². The van der Waals surface area contributed by atoms with Crippen LogP contribution in [0, 0.1) is 0 Å². The standard InChI is InChI=1S/C10H17N3O2S/c1-3-7(4-14)12-9(15)8-5-16-10(13-8)6(2)11/h5-7,14H,3-4,11H2,1-2H3,(H,12,15)/t6?,7-/m1/s1. The van der Waals surface area contributed by atoms with E-state index >= 15 is 0 Å². The molecule has 1 aromatic rings. The van der Waals surface area contributed by atoms with Crippen LogP contribution in [0.5, 0.6) is 0 Å². The lowest BCUT2D eigenvalue weighted by Gasteiger charge is -2.12. The summed E-state index contributed by atoms with van der Waals surface area (Å²) in [5.74, 6) is -0.260. The molecular weight excluding hydrogens is 226 g/mol. The Morgan fingerprint density at radius 2 is 2.44 bits per heavy atom. The van der Waals surface area contributed by atoms with Gasteiger partial charge in [-0.1, -0.05) is 6.92 Å². The summed E-state index contributed by atoms with van der Waals surface area (Å²) in [5.41, 5.74) is 6.02. The zero-order valence-electron chi connectivity index (χ0n) is 9.43. The quantitative estimate of drug-likeness (QED) is 0.709. The number of carbonyl (C=O) groups is 1. The van der Waals surface area contributed by atoms with Gasteiger partial charge in [-0.25, -0.2) is 4.98 Å². The number of thiazole rings is 1. The maximum absolute atomic E-state index is 11.7. The van der Waals surface area contributed by atoms with Crippen LogP contribution in [0.3, 0.4) is 0 Å². The molecule has 0 aromatic carbocycles. The molecule has 90 valence electrons. The van der Waals surface area contributed by atoms with Gasteiger partial charge in [-0.15, -0.1) is 11.3 Å². The summed E-state index contributed by atoms with van der Waals surface area (Å²) in [6, 6.07) is -0.376. The number of aromatic nitrogens is 1. The highest BCUT2D eigenvalue weighted by molar-refractivity contribution is 7.09. The van der Waals surface area contributed by atoms with Crippen molar-refractivity contribution < 1.29 is 9.90 Å². The average molecular weight is 243 g/mol. The van der Waals surface area contributed by atoms with Gasteiger partial charge in [0, 0.05) is 5.38 Å². The van der Waals surface area contributed by atoms with Gasteiger partial charge < -0.3 is 16.2 Å². The third kappa shape index (κ3) is 3.26. The lowest BCUT2D eigenvalue weighted by Crippen LogP contribution is -2.37. The highest BCUT2D eigenvalue weighted by Crippen LogP contribution is 2.15. The molecule has 6 heteroatoms. The zero-order chi connectivity index (χ0) is 12.1. The smallest absolute Gasteiger partial charge is 0.271 e. The first-order valence-corrected chi connectivity index (χ1v) is 6.09. The molecule has 0 spiro atoms. The molecule has 0 saturated carbocycles. The minimum Gasteiger partial charge on any atom is -0.394 e. The summed E-state index contributed by atoms with van der Waals surface area (Å²) in [7, 11) is 0. The van der Waals surface area contributed by atoms with Crippen molar-refractivity contribution in [1.29, 1.82) is 0 Å². The molecule has 0 aliphatic heterocycles. The summed E-state index contributed by atoms with van der Waals surface area (Å²) in [6.45, 7) is 3.66. The van der Waals surface area contributed by atoms with Gasteiger partial charge in [-0.2, -0.15) is 0 Å². The largest absolute Gasteiger partial charge is 0.394 e. The molecule has 2 atom stereocenters. The van der Waals surface area contributed by atoms with Crippen LogP contribution in [0.25, 0.3) is 0 Å². The Morgan fingerprint density at radius 1 is 1.75 bits per heavy atom. The molecule has 0 radical (unpaired) electrons. The van der Waals surface area contributed by atoms with E-state index in [4.69, 9.17) is 10.8 Å². The lowest BCUT2D eigenvalue weighted by atomic mass is 10.2. The molecule has 16 heavy (non-hydrogen) atoms. The molecule has 1 rings (SSSR count). The van der Waals surface area contributed by atoms with Crippen LogP contribution >= 0.6 is 11.3 Å². The van der Waals surface area contributed by atoms with E-state index in [1.165, 1.54) is 11.3 Å². The topological polar surface area (TPSA) is 88.2 Å². The van der Waals surface area contributed by atoms with Gasteiger partial charge in [0.15, 0.2) is 0 Å². The van der Waals surface area contributed by atoms with Crippen LogP contribution in [-0.4, -0.2) is 28.6 Å². The van der Waals surface area contributed by atoms with Crippen molar-refractivity contribution in [2.45, 2.75) is 32.4 Å². The second-order valence-electron chi connectivity index (χ2n) is 3.62. The zero-order valence-corrected chi connectivity index (χ0v) is 10.3. The van der Waals surface area contributed by atoms with E-state index in [2.05, 4.69) is 10.3 Å². The maximum atomic E-state index is 11.7. The first kappa shape index (κ1) is 13.1. The minimum absolute atomic E-state index is 0.0630. The summed E-state index contributed by atoms with van der Waals surface area (Å²) in [4.78, 5) is 15.8. The molecule has 5 nitrogen and oxygen atoms in total. The number of hydrogen-bond donors (Lipinski definition) is 3. The fourth-order valence-electron chi connectivity index (χ4n) is 1.14. The van der Waals surface area contributed by atoms with Gasteiger partial charge in [0.25, 0.3) is 5.91 Å². The number of nitrogens with one attached hydrogen (secondary N) is 1. The highest BCUT2D eigenvalue weighted by Gasteiger charge is 2.15. The van der Waals surface area contributed by atoms with Crippen LogP contribution in [-0.2, 0) is 0 Å². The second kappa shape index (κ2) is 5.93.